The lowest BCUT2D eigenvalue weighted by Gasteiger charge is -2.36. The van der Waals surface area contributed by atoms with E-state index in [1.807, 2.05) is 30.3 Å². The number of hydrogen-bond acceptors (Lipinski definition) is 9. The number of nitrogens with zero attached hydrogens (tertiary/aromatic N) is 2. The van der Waals surface area contributed by atoms with Gasteiger partial charge in [-0.1, -0.05) is 36.4 Å². The average Bonchev–Trinajstić information content (AvgIpc) is 3.00. The monoisotopic (exact) mass is 605 g/mol. The number of carbonyl (C=O) groups is 1. The maximum Gasteiger partial charge on any atom is 0.306 e. The van der Waals surface area contributed by atoms with Crippen LogP contribution in [0.2, 0.25) is 0 Å². The van der Waals surface area contributed by atoms with Gasteiger partial charge in [-0.3, -0.25) is 14.5 Å². The predicted molar refractivity (Wildman–Crippen MR) is 167 cm³/mol. The van der Waals surface area contributed by atoms with Gasteiger partial charge in [0, 0.05) is 49.9 Å². The summed E-state index contributed by atoms with van der Waals surface area (Å²) in [6.45, 7) is 6.04. The molecule has 2 heterocycles. The Morgan fingerprint density at radius 3 is 2.44 bits per heavy atom. The van der Waals surface area contributed by atoms with Crippen molar-refractivity contribution in [3.8, 4) is 22.8 Å². The van der Waals surface area contributed by atoms with Gasteiger partial charge >= 0.3 is 10.1 Å². The highest BCUT2D eigenvalue weighted by atomic mass is 32.2. The van der Waals surface area contributed by atoms with E-state index in [9.17, 15) is 18.0 Å². The van der Waals surface area contributed by atoms with Crippen LogP contribution in [0, 0.1) is 6.92 Å². The fourth-order valence-corrected chi connectivity index (χ4v) is 5.76. The summed E-state index contributed by atoms with van der Waals surface area (Å²) in [6, 6.07) is 19.4. The number of hydrogen-bond donors (Lipinski definition) is 1. The van der Waals surface area contributed by atoms with Crippen LogP contribution >= 0.6 is 0 Å². The number of fused-ring (bicyclic) bond motifs is 1. The molecule has 43 heavy (non-hydrogen) atoms. The lowest BCUT2D eigenvalue weighted by molar-refractivity contribution is 0.0952. The van der Waals surface area contributed by atoms with Crippen LogP contribution in [0.1, 0.15) is 22.3 Å². The van der Waals surface area contributed by atoms with Crippen molar-refractivity contribution >= 4 is 32.7 Å². The first-order valence-electron chi connectivity index (χ1n) is 14.1. The fourth-order valence-electron chi connectivity index (χ4n) is 5.31. The predicted octanol–water partition coefficient (Wildman–Crippen LogP) is 4.06. The second kappa shape index (κ2) is 12.9. The zero-order chi connectivity index (χ0) is 30.6. The van der Waals surface area contributed by atoms with Gasteiger partial charge in [-0.2, -0.15) is 8.42 Å². The lowest BCUT2D eigenvalue weighted by Crippen LogP contribution is -2.47. The van der Waals surface area contributed by atoms with Crippen LogP contribution in [0.3, 0.4) is 0 Å². The zero-order valence-corrected chi connectivity index (χ0v) is 25.3. The molecule has 1 fully saturated rings. The van der Waals surface area contributed by atoms with Crippen LogP contribution in [0.4, 0.5) is 5.69 Å². The van der Waals surface area contributed by atoms with Crippen molar-refractivity contribution in [2.75, 3.05) is 57.5 Å². The molecule has 1 aliphatic rings. The number of anilines is 1. The topological polar surface area (TPSA) is 118 Å². The van der Waals surface area contributed by atoms with Crippen LogP contribution < -0.4 is 24.6 Å². The van der Waals surface area contributed by atoms with E-state index in [1.54, 1.807) is 50.4 Å². The number of methoxy groups -OCH3 is 1. The van der Waals surface area contributed by atoms with Crippen LogP contribution in [-0.2, 0) is 10.1 Å². The molecule has 1 N–H and O–H groups in total. The molecule has 11 heteroatoms. The van der Waals surface area contributed by atoms with Crippen LogP contribution in [0.25, 0.3) is 22.3 Å². The molecule has 1 amide bonds. The number of piperazine rings is 1. The molecule has 0 atom stereocenters. The molecule has 0 bridgehead atoms. The highest BCUT2D eigenvalue weighted by Crippen LogP contribution is 2.33. The standard InChI is InChI=1S/C32H35N3O7S/c1-22-29(36)25-11-7-12-26(31(25)41-30(22)23-9-5-4-6-10-23)32(37)33-15-8-16-34-17-19-35(20-18-34)27-21-24(42-43(3,38)39)13-14-28(27)40-2/h4-7,9-14,21H,8,15-20H2,1-3H3,(H,33,37). The molecule has 0 saturated carbocycles. The first-order chi connectivity index (χ1) is 20.6. The third-order valence-corrected chi connectivity index (χ3v) is 7.97. The summed E-state index contributed by atoms with van der Waals surface area (Å²) in [4.78, 5) is 30.8. The van der Waals surface area contributed by atoms with Crippen molar-refractivity contribution in [2.45, 2.75) is 13.3 Å². The molecule has 0 unspecified atom stereocenters. The molecule has 10 nitrogen and oxygen atoms in total. The molecule has 0 spiro atoms. The summed E-state index contributed by atoms with van der Waals surface area (Å²) in [5, 5.41) is 3.36. The Hall–Kier alpha value is -4.35. The highest BCUT2D eigenvalue weighted by Gasteiger charge is 2.22. The average molecular weight is 606 g/mol. The number of para-hydroxylation sites is 1. The van der Waals surface area contributed by atoms with E-state index in [0.29, 0.717) is 34.6 Å². The van der Waals surface area contributed by atoms with Crippen molar-refractivity contribution in [1.29, 1.82) is 0 Å². The Kier molecular flexibility index (Phi) is 9.02. The molecule has 1 aromatic heterocycles. The van der Waals surface area contributed by atoms with Gasteiger partial charge in [-0.05, 0) is 44.2 Å². The minimum atomic E-state index is -3.63. The number of benzene rings is 3. The molecular formula is C32H35N3O7S. The minimum Gasteiger partial charge on any atom is -0.495 e. The Morgan fingerprint density at radius 2 is 1.74 bits per heavy atom. The van der Waals surface area contributed by atoms with E-state index in [0.717, 1.165) is 56.7 Å². The van der Waals surface area contributed by atoms with Crippen molar-refractivity contribution < 1.29 is 26.5 Å². The van der Waals surface area contributed by atoms with Gasteiger partial charge in [0.25, 0.3) is 5.91 Å². The van der Waals surface area contributed by atoms with Gasteiger partial charge in [0.05, 0.1) is 30.0 Å². The second-order valence-corrected chi connectivity index (χ2v) is 12.1. The first-order valence-corrected chi connectivity index (χ1v) is 15.9. The quantitative estimate of drug-likeness (QED) is 0.211. The van der Waals surface area contributed by atoms with E-state index < -0.39 is 10.1 Å². The Labute approximate surface area is 250 Å². The molecule has 0 aliphatic carbocycles. The number of rotatable bonds is 10. The van der Waals surface area contributed by atoms with E-state index in [-0.39, 0.29) is 22.7 Å². The number of ether oxygens (including phenoxy) is 1. The van der Waals surface area contributed by atoms with E-state index in [2.05, 4.69) is 15.1 Å². The SMILES string of the molecule is COc1ccc(OS(C)(=O)=O)cc1N1CCN(CCCNC(=O)c2cccc3c(=O)c(C)c(-c4ccccc4)oc23)CC1. The molecule has 0 radical (unpaired) electrons. The molecular weight excluding hydrogens is 570 g/mol. The van der Waals surface area contributed by atoms with E-state index >= 15 is 0 Å². The maximum absolute atomic E-state index is 13.2. The van der Waals surface area contributed by atoms with Crippen LogP contribution in [0.15, 0.2) is 75.9 Å². The van der Waals surface area contributed by atoms with Crippen LogP contribution in [0.5, 0.6) is 11.5 Å². The number of carbonyl (C=O) groups excluding carboxylic acids is 1. The number of nitrogens with one attached hydrogen (secondary N) is 1. The summed E-state index contributed by atoms with van der Waals surface area (Å²) < 4.78 is 39.9. The Bertz CT molecular complexity index is 1780. The van der Waals surface area contributed by atoms with E-state index in [4.69, 9.17) is 13.3 Å². The summed E-state index contributed by atoms with van der Waals surface area (Å²) in [5.74, 6) is 1.06. The first kappa shape index (κ1) is 30.1. The highest BCUT2D eigenvalue weighted by molar-refractivity contribution is 7.86. The van der Waals surface area contributed by atoms with Gasteiger partial charge in [0.1, 0.15) is 17.3 Å². The van der Waals surface area contributed by atoms with E-state index in [1.165, 1.54) is 0 Å². The van der Waals surface area contributed by atoms with Gasteiger partial charge < -0.3 is 23.6 Å². The summed E-state index contributed by atoms with van der Waals surface area (Å²) >= 11 is 0. The van der Waals surface area contributed by atoms with Crippen molar-refractivity contribution in [3.05, 3.63) is 88.1 Å². The summed E-state index contributed by atoms with van der Waals surface area (Å²) in [5.41, 5.74) is 2.53. The molecule has 226 valence electrons. The normalized spacial score (nSPS) is 14.1. The summed E-state index contributed by atoms with van der Waals surface area (Å²) in [6.07, 6.45) is 1.76. The molecule has 4 aromatic rings. The van der Waals surface area contributed by atoms with Crippen molar-refractivity contribution in [3.63, 3.8) is 0 Å². The summed E-state index contributed by atoms with van der Waals surface area (Å²) in [7, 11) is -2.06. The molecule has 1 saturated heterocycles. The lowest BCUT2D eigenvalue weighted by atomic mass is 10.0. The van der Waals surface area contributed by atoms with Crippen LogP contribution in [-0.4, -0.2) is 71.9 Å². The molecule has 3 aromatic carbocycles. The molecule has 5 rings (SSSR count). The van der Waals surface area contributed by atoms with Gasteiger partial charge in [-0.25, -0.2) is 0 Å². The minimum absolute atomic E-state index is 0.152. The molecule has 1 aliphatic heterocycles. The maximum atomic E-state index is 13.2. The second-order valence-electron chi connectivity index (χ2n) is 10.5. The van der Waals surface area contributed by atoms with Gasteiger partial charge in [-0.15, -0.1) is 0 Å². The smallest absolute Gasteiger partial charge is 0.306 e. The third kappa shape index (κ3) is 7.00. The van der Waals surface area contributed by atoms with Crippen molar-refractivity contribution in [1.82, 2.24) is 10.2 Å². The Balaban J connectivity index is 1.18. The van der Waals surface area contributed by atoms with Crippen molar-refractivity contribution in [2.24, 2.45) is 0 Å². The Morgan fingerprint density at radius 1 is 1.00 bits per heavy atom. The largest absolute Gasteiger partial charge is 0.495 e. The number of amides is 1. The van der Waals surface area contributed by atoms with Gasteiger partial charge in [0.2, 0.25) is 0 Å². The third-order valence-electron chi connectivity index (χ3n) is 7.47. The van der Waals surface area contributed by atoms with Gasteiger partial charge in [0.15, 0.2) is 11.0 Å². The fraction of sp³-hybridized carbons (Fsp3) is 0.312. The zero-order valence-electron chi connectivity index (χ0n) is 24.5.